The maximum Gasteiger partial charge on any atom is 0.273 e. The molecule has 1 aliphatic rings. The number of halogens is 1. The Morgan fingerprint density at radius 3 is 2.74 bits per heavy atom. The lowest BCUT2D eigenvalue weighted by Gasteiger charge is -2.22. The summed E-state index contributed by atoms with van der Waals surface area (Å²) in [5.74, 6) is 1.44. The molecule has 0 bridgehead atoms. The summed E-state index contributed by atoms with van der Waals surface area (Å²) in [5.41, 5.74) is 0.807. The summed E-state index contributed by atoms with van der Waals surface area (Å²) in [5, 5.41) is 14.3. The normalized spacial score (nSPS) is 23.2. The molecule has 0 atom stereocenters. The Bertz CT molecular complexity index is 500. The van der Waals surface area contributed by atoms with Gasteiger partial charge in [0.25, 0.3) is 5.69 Å². The van der Waals surface area contributed by atoms with Gasteiger partial charge in [0.05, 0.1) is 4.92 Å². The van der Waals surface area contributed by atoms with E-state index in [1.54, 1.807) is 12.1 Å². The van der Waals surface area contributed by atoms with E-state index >= 15 is 0 Å². The van der Waals surface area contributed by atoms with Gasteiger partial charge < -0.3 is 5.32 Å². The van der Waals surface area contributed by atoms with Gasteiger partial charge in [-0.05, 0) is 25.0 Å². The number of nitro benzene ring substituents is 1. The molecule has 1 aromatic carbocycles. The molecule has 0 aromatic heterocycles. The standard InChI is InChI=1S/C12H15BrN2O3S/c13-10-1-2-12(15(16)17)9(7-10)8-14-11-3-5-19(18)6-4-11/h1-2,7,11,14H,3-6,8H2. The molecule has 5 nitrogen and oxygen atoms in total. The van der Waals surface area contributed by atoms with Gasteiger partial charge in [-0.15, -0.1) is 0 Å². The molecule has 1 aromatic rings. The zero-order valence-corrected chi connectivity index (χ0v) is 12.7. The first kappa shape index (κ1) is 14.6. The van der Waals surface area contributed by atoms with Crippen LogP contribution in [-0.2, 0) is 17.3 Å². The highest BCUT2D eigenvalue weighted by Crippen LogP contribution is 2.23. The molecule has 2 rings (SSSR count). The minimum absolute atomic E-state index is 0.134. The van der Waals surface area contributed by atoms with E-state index in [1.165, 1.54) is 6.07 Å². The molecule has 1 fully saturated rings. The first-order valence-electron chi connectivity index (χ1n) is 6.07. The summed E-state index contributed by atoms with van der Waals surface area (Å²) in [4.78, 5) is 10.6. The highest BCUT2D eigenvalue weighted by atomic mass is 79.9. The second kappa shape index (κ2) is 6.58. The van der Waals surface area contributed by atoms with Gasteiger partial charge >= 0.3 is 0 Å². The van der Waals surface area contributed by atoms with Crippen molar-refractivity contribution >= 4 is 32.4 Å². The van der Waals surface area contributed by atoms with Crippen molar-refractivity contribution < 1.29 is 9.13 Å². The molecule has 19 heavy (non-hydrogen) atoms. The van der Waals surface area contributed by atoms with Crippen LogP contribution in [0.15, 0.2) is 22.7 Å². The Hall–Kier alpha value is -0.790. The third-order valence-electron chi connectivity index (χ3n) is 3.21. The molecule has 0 amide bonds. The summed E-state index contributed by atoms with van der Waals surface area (Å²) in [6, 6.07) is 5.26. The highest BCUT2D eigenvalue weighted by Gasteiger charge is 2.19. The molecule has 1 heterocycles. The largest absolute Gasteiger partial charge is 0.310 e. The van der Waals surface area contributed by atoms with Crippen LogP contribution >= 0.6 is 15.9 Å². The molecule has 0 aliphatic carbocycles. The zero-order chi connectivity index (χ0) is 13.8. The van der Waals surface area contributed by atoms with E-state index in [1.807, 2.05) is 0 Å². The van der Waals surface area contributed by atoms with E-state index in [2.05, 4.69) is 21.2 Å². The maximum atomic E-state index is 11.3. The summed E-state index contributed by atoms with van der Waals surface area (Å²) in [7, 11) is -0.680. The molecule has 7 heteroatoms. The van der Waals surface area contributed by atoms with E-state index < -0.39 is 10.8 Å². The Morgan fingerprint density at radius 2 is 2.11 bits per heavy atom. The van der Waals surface area contributed by atoms with Gasteiger partial charge in [0.2, 0.25) is 0 Å². The number of rotatable bonds is 4. The van der Waals surface area contributed by atoms with Crippen molar-refractivity contribution in [2.45, 2.75) is 25.4 Å². The zero-order valence-electron chi connectivity index (χ0n) is 10.3. The van der Waals surface area contributed by atoms with Crippen molar-refractivity contribution in [3.63, 3.8) is 0 Å². The molecule has 1 saturated heterocycles. The van der Waals surface area contributed by atoms with Crippen molar-refractivity contribution in [2.75, 3.05) is 11.5 Å². The summed E-state index contributed by atoms with van der Waals surface area (Å²) in [6.45, 7) is 0.465. The minimum Gasteiger partial charge on any atom is -0.310 e. The van der Waals surface area contributed by atoms with Crippen LogP contribution in [0.25, 0.3) is 0 Å². The quantitative estimate of drug-likeness (QED) is 0.670. The highest BCUT2D eigenvalue weighted by molar-refractivity contribution is 9.10. The van der Waals surface area contributed by atoms with Gasteiger partial charge in [0, 0.05) is 51.0 Å². The summed E-state index contributed by atoms with van der Waals surface area (Å²) in [6.07, 6.45) is 1.74. The van der Waals surface area contributed by atoms with Gasteiger partial charge in [0.15, 0.2) is 0 Å². The summed E-state index contributed by atoms with van der Waals surface area (Å²) >= 11 is 3.33. The Morgan fingerprint density at radius 1 is 1.42 bits per heavy atom. The van der Waals surface area contributed by atoms with Crippen LogP contribution < -0.4 is 5.32 Å². The van der Waals surface area contributed by atoms with Gasteiger partial charge in [-0.3, -0.25) is 14.3 Å². The van der Waals surface area contributed by atoms with Crippen LogP contribution in [0.2, 0.25) is 0 Å². The van der Waals surface area contributed by atoms with E-state index in [-0.39, 0.29) is 10.6 Å². The number of hydrogen-bond acceptors (Lipinski definition) is 4. The van der Waals surface area contributed by atoms with Crippen molar-refractivity contribution in [2.24, 2.45) is 0 Å². The number of nitrogens with zero attached hydrogens (tertiary/aromatic N) is 1. The molecule has 0 spiro atoms. The Balaban J connectivity index is 2.00. The molecular formula is C12H15BrN2O3S. The molecule has 0 radical (unpaired) electrons. The number of nitrogens with one attached hydrogen (secondary N) is 1. The monoisotopic (exact) mass is 346 g/mol. The van der Waals surface area contributed by atoms with E-state index in [0.29, 0.717) is 18.2 Å². The molecule has 1 aliphatic heterocycles. The number of benzene rings is 1. The van der Waals surface area contributed by atoms with E-state index in [4.69, 9.17) is 0 Å². The first-order valence-corrected chi connectivity index (χ1v) is 8.35. The van der Waals surface area contributed by atoms with E-state index in [9.17, 15) is 14.3 Å². The topological polar surface area (TPSA) is 72.2 Å². The van der Waals surface area contributed by atoms with Crippen molar-refractivity contribution in [3.05, 3.63) is 38.3 Å². The van der Waals surface area contributed by atoms with Crippen molar-refractivity contribution in [1.29, 1.82) is 0 Å². The fourth-order valence-corrected chi connectivity index (χ4v) is 3.83. The SMILES string of the molecule is O=[N+]([O-])c1ccc(Br)cc1CNC1CCS(=O)CC1. The Kier molecular flexibility index (Phi) is 5.06. The third-order valence-corrected chi connectivity index (χ3v) is 5.08. The van der Waals surface area contributed by atoms with Crippen LogP contribution in [0.4, 0.5) is 5.69 Å². The van der Waals surface area contributed by atoms with Gasteiger partial charge in [0.1, 0.15) is 0 Å². The molecular weight excluding hydrogens is 332 g/mol. The smallest absolute Gasteiger partial charge is 0.273 e. The summed E-state index contributed by atoms with van der Waals surface area (Å²) < 4.78 is 12.1. The molecule has 1 N–H and O–H groups in total. The fraction of sp³-hybridized carbons (Fsp3) is 0.500. The maximum absolute atomic E-state index is 11.3. The lowest BCUT2D eigenvalue weighted by Crippen LogP contribution is -2.35. The Labute approximate surface area is 122 Å². The lowest BCUT2D eigenvalue weighted by atomic mass is 10.1. The second-order valence-corrected chi connectivity index (χ2v) is 7.15. The number of nitro groups is 1. The fourth-order valence-electron chi connectivity index (χ4n) is 2.13. The molecule has 0 saturated carbocycles. The predicted octanol–water partition coefficient (Wildman–Crippen LogP) is 2.36. The first-order chi connectivity index (χ1) is 9.06. The van der Waals surface area contributed by atoms with E-state index in [0.717, 1.165) is 28.8 Å². The van der Waals surface area contributed by atoms with Gasteiger partial charge in [-0.25, -0.2) is 0 Å². The van der Waals surface area contributed by atoms with Gasteiger partial charge in [-0.2, -0.15) is 0 Å². The third kappa shape index (κ3) is 4.09. The van der Waals surface area contributed by atoms with Crippen LogP contribution in [0, 0.1) is 10.1 Å². The average molecular weight is 347 g/mol. The molecule has 104 valence electrons. The van der Waals surface area contributed by atoms with Crippen LogP contribution in [0.1, 0.15) is 18.4 Å². The second-order valence-electron chi connectivity index (χ2n) is 4.53. The van der Waals surface area contributed by atoms with Crippen LogP contribution in [-0.4, -0.2) is 26.7 Å². The van der Waals surface area contributed by atoms with Crippen LogP contribution in [0.3, 0.4) is 0 Å². The van der Waals surface area contributed by atoms with Crippen molar-refractivity contribution in [1.82, 2.24) is 5.32 Å². The van der Waals surface area contributed by atoms with Gasteiger partial charge in [-0.1, -0.05) is 15.9 Å². The average Bonchev–Trinajstić information content (AvgIpc) is 2.38. The van der Waals surface area contributed by atoms with Crippen molar-refractivity contribution in [3.8, 4) is 0 Å². The van der Waals surface area contributed by atoms with Crippen LogP contribution in [0.5, 0.6) is 0 Å². The molecule has 0 unspecified atom stereocenters. The number of hydrogen-bond donors (Lipinski definition) is 1. The lowest BCUT2D eigenvalue weighted by molar-refractivity contribution is -0.385. The minimum atomic E-state index is -0.680. The predicted molar refractivity (Wildman–Crippen MR) is 78.5 cm³/mol.